The number of para-hydroxylation sites is 1. The van der Waals surface area contributed by atoms with Crippen LogP contribution in [0.25, 0.3) is 5.69 Å². The molecule has 0 unspecified atom stereocenters. The van der Waals surface area contributed by atoms with Gasteiger partial charge in [-0.2, -0.15) is 5.10 Å². The predicted molar refractivity (Wildman–Crippen MR) is 109 cm³/mol. The Balaban J connectivity index is 1.62. The van der Waals surface area contributed by atoms with Crippen molar-refractivity contribution < 1.29 is 14.3 Å². The van der Waals surface area contributed by atoms with E-state index >= 15 is 0 Å². The zero-order valence-corrected chi connectivity index (χ0v) is 16.5. The van der Waals surface area contributed by atoms with Gasteiger partial charge >= 0.3 is 5.97 Å². The third-order valence-corrected chi connectivity index (χ3v) is 4.99. The number of rotatable bonds is 6. The molecule has 6 nitrogen and oxygen atoms in total. The van der Waals surface area contributed by atoms with E-state index in [2.05, 4.69) is 10.4 Å². The zero-order chi connectivity index (χ0) is 20.4. The Morgan fingerprint density at radius 3 is 2.28 bits per heavy atom. The second-order valence-electron chi connectivity index (χ2n) is 7.27. The van der Waals surface area contributed by atoms with Gasteiger partial charge in [0.05, 0.1) is 17.1 Å². The summed E-state index contributed by atoms with van der Waals surface area (Å²) in [7, 11) is 0. The van der Waals surface area contributed by atoms with E-state index in [1.165, 1.54) is 0 Å². The molecule has 0 aliphatic heterocycles. The van der Waals surface area contributed by atoms with E-state index in [0.717, 1.165) is 18.5 Å². The van der Waals surface area contributed by atoms with Crippen molar-refractivity contribution in [3.63, 3.8) is 0 Å². The van der Waals surface area contributed by atoms with Crippen LogP contribution < -0.4 is 5.32 Å². The second kappa shape index (κ2) is 7.91. The van der Waals surface area contributed by atoms with Gasteiger partial charge in [0.25, 0.3) is 5.91 Å². The van der Waals surface area contributed by atoms with Crippen molar-refractivity contribution in [1.29, 1.82) is 0 Å². The molecule has 1 atom stereocenters. The maximum Gasteiger partial charge on any atom is 0.343 e. The van der Waals surface area contributed by atoms with Gasteiger partial charge in [0.15, 0.2) is 0 Å². The minimum atomic E-state index is -0.997. The number of ether oxygens (including phenoxy) is 1. The fourth-order valence-electron chi connectivity index (χ4n) is 3.33. The van der Waals surface area contributed by atoms with Gasteiger partial charge in [0.2, 0.25) is 6.10 Å². The van der Waals surface area contributed by atoms with Crippen LogP contribution in [-0.2, 0) is 9.53 Å². The Morgan fingerprint density at radius 1 is 1.03 bits per heavy atom. The number of benzene rings is 2. The van der Waals surface area contributed by atoms with Gasteiger partial charge in [0, 0.05) is 11.6 Å². The standard InChI is InChI=1S/C23H23N3O3/c1-15-20(16(2)26(25-15)19-11-7-4-8-12-19)23(28)29-21(17-9-5-3-6-10-17)22(27)24-18-13-14-18/h3-12,18,21H,13-14H2,1-2H3,(H,24,27)/t21-/m0/s1. The molecule has 0 radical (unpaired) electrons. The van der Waals surface area contributed by atoms with Crippen molar-refractivity contribution in [3.8, 4) is 5.69 Å². The first kappa shape index (κ1) is 18.9. The lowest BCUT2D eigenvalue weighted by atomic mass is 10.1. The Bertz CT molecular complexity index is 1020. The van der Waals surface area contributed by atoms with Gasteiger partial charge < -0.3 is 10.1 Å². The van der Waals surface area contributed by atoms with Gasteiger partial charge in [-0.15, -0.1) is 0 Å². The first-order valence-electron chi connectivity index (χ1n) is 9.72. The third kappa shape index (κ3) is 4.06. The molecule has 29 heavy (non-hydrogen) atoms. The lowest BCUT2D eigenvalue weighted by Crippen LogP contribution is -2.33. The molecule has 148 valence electrons. The summed E-state index contributed by atoms with van der Waals surface area (Å²) in [6, 6.07) is 18.9. The number of carbonyl (C=O) groups is 2. The van der Waals surface area contributed by atoms with Gasteiger partial charge in [-0.1, -0.05) is 48.5 Å². The number of aryl methyl sites for hydroxylation is 1. The van der Waals surface area contributed by atoms with Crippen LogP contribution in [0, 0.1) is 13.8 Å². The summed E-state index contributed by atoms with van der Waals surface area (Å²) in [5.74, 6) is -0.847. The van der Waals surface area contributed by atoms with E-state index in [4.69, 9.17) is 4.74 Å². The molecule has 1 N–H and O–H groups in total. The first-order valence-corrected chi connectivity index (χ1v) is 9.72. The topological polar surface area (TPSA) is 73.2 Å². The van der Waals surface area contributed by atoms with Crippen molar-refractivity contribution in [2.24, 2.45) is 0 Å². The molecule has 0 bridgehead atoms. The lowest BCUT2D eigenvalue weighted by Gasteiger charge is -2.18. The fourth-order valence-corrected chi connectivity index (χ4v) is 3.33. The van der Waals surface area contributed by atoms with Crippen LogP contribution in [0.5, 0.6) is 0 Å². The van der Waals surface area contributed by atoms with Crippen LogP contribution >= 0.6 is 0 Å². The molecular weight excluding hydrogens is 366 g/mol. The number of carbonyl (C=O) groups excluding carboxylic acids is 2. The minimum absolute atomic E-state index is 0.178. The lowest BCUT2D eigenvalue weighted by molar-refractivity contribution is -0.130. The van der Waals surface area contributed by atoms with E-state index in [0.29, 0.717) is 22.5 Å². The average Bonchev–Trinajstić information content (AvgIpc) is 3.50. The number of nitrogens with one attached hydrogen (secondary N) is 1. The molecule has 0 spiro atoms. The highest BCUT2D eigenvalue weighted by Gasteiger charge is 2.32. The summed E-state index contributed by atoms with van der Waals surface area (Å²) in [5, 5.41) is 7.43. The van der Waals surface area contributed by atoms with E-state index in [1.54, 1.807) is 23.7 Å². The summed E-state index contributed by atoms with van der Waals surface area (Å²) in [6.07, 6.45) is 0.926. The summed E-state index contributed by atoms with van der Waals surface area (Å²) in [4.78, 5) is 25.8. The van der Waals surface area contributed by atoms with Crippen molar-refractivity contribution >= 4 is 11.9 Å². The largest absolute Gasteiger partial charge is 0.444 e. The molecule has 1 aliphatic rings. The molecule has 3 aromatic rings. The average molecular weight is 389 g/mol. The van der Waals surface area contributed by atoms with Crippen LogP contribution in [0.15, 0.2) is 60.7 Å². The number of amides is 1. The van der Waals surface area contributed by atoms with E-state index in [-0.39, 0.29) is 11.9 Å². The summed E-state index contributed by atoms with van der Waals surface area (Å²) < 4.78 is 7.44. The van der Waals surface area contributed by atoms with Crippen LogP contribution in [0.1, 0.15) is 46.3 Å². The molecule has 1 amide bonds. The Labute approximate surface area is 169 Å². The van der Waals surface area contributed by atoms with Crippen LogP contribution in [0.4, 0.5) is 0 Å². The SMILES string of the molecule is Cc1nn(-c2ccccc2)c(C)c1C(=O)O[C@H](C(=O)NC1CC1)c1ccccc1. The molecule has 2 aromatic carbocycles. The summed E-state index contributed by atoms with van der Waals surface area (Å²) in [5.41, 5.74) is 3.12. The van der Waals surface area contributed by atoms with Crippen LogP contribution in [0.2, 0.25) is 0 Å². The predicted octanol–water partition coefficient (Wildman–Crippen LogP) is 3.67. The van der Waals surface area contributed by atoms with Crippen molar-refractivity contribution in [2.45, 2.75) is 38.8 Å². The molecule has 1 saturated carbocycles. The van der Waals surface area contributed by atoms with Crippen molar-refractivity contribution in [3.05, 3.63) is 83.2 Å². The normalized spacial score (nSPS) is 14.3. The Kier molecular flexibility index (Phi) is 5.16. The fraction of sp³-hybridized carbons (Fsp3) is 0.261. The number of aromatic nitrogens is 2. The monoisotopic (exact) mass is 389 g/mol. The maximum absolute atomic E-state index is 13.1. The second-order valence-corrected chi connectivity index (χ2v) is 7.27. The number of hydrogen-bond acceptors (Lipinski definition) is 4. The molecule has 1 aromatic heterocycles. The van der Waals surface area contributed by atoms with Crippen molar-refractivity contribution in [2.75, 3.05) is 0 Å². The van der Waals surface area contributed by atoms with Gasteiger partial charge in [-0.3, -0.25) is 4.79 Å². The number of nitrogens with zero attached hydrogens (tertiary/aromatic N) is 2. The highest BCUT2D eigenvalue weighted by atomic mass is 16.5. The van der Waals surface area contributed by atoms with E-state index in [1.807, 2.05) is 55.5 Å². The molecular formula is C23H23N3O3. The van der Waals surface area contributed by atoms with Crippen LogP contribution in [-0.4, -0.2) is 27.7 Å². The highest BCUT2D eigenvalue weighted by Crippen LogP contribution is 2.26. The van der Waals surface area contributed by atoms with Crippen molar-refractivity contribution in [1.82, 2.24) is 15.1 Å². The molecule has 4 rings (SSSR count). The molecule has 1 fully saturated rings. The number of hydrogen-bond donors (Lipinski definition) is 1. The molecule has 1 aliphatic carbocycles. The minimum Gasteiger partial charge on any atom is -0.444 e. The van der Waals surface area contributed by atoms with Gasteiger partial charge in [0.1, 0.15) is 5.56 Å². The quantitative estimate of drug-likeness (QED) is 0.653. The maximum atomic E-state index is 13.1. The number of esters is 1. The Morgan fingerprint density at radius 2 is 1.66 bits per heavy atom. The molecule has 0 saturated heterocycles. The smallest absolute Gasteiger partial charge is 0.343 e. The third-order valence-electron chi connectivity index (χ3n) is 4.99. The van der Waals surface area contributed by atoms with Gasteiger partial charge in [-0.05, 0) is 38.8 Å². The van der Waals surface area contributed by atoms with Crippen LogP contribution in [0.3, 0.4) is 0 Å². The van der Waals surface area contributed by atoms with E-state index < -0.39 is 12.1 Å². The molecule has 6 heteroatoms. The molecule has 1 heterocycles. The van der Waals surface area contributed by atoms with E-state index in [9.17, 15) is 9.59 Å². The highest BCUT2D eigenvalue weighted by molar-refractivity contribution is 5.94. The Hall–Kier alpha value is -3.41. The summed E-state index contributed by atoms with van der Waals surface area (Å²) in [6.45, 7) is 3.59. The summed E-state index contributed by atoms with van der Waals surface area (Å²) >= 11 is 0. The first-order chi connectivity index (χ1) is 14.0. The van der Waals surface area contributed by atoms with Gasteiger partial charge in [-0.25, -0.2) is 9.48 Å². The zero-order valence-electron chi connectivity index (χ0n) is 16.5.